The summed E-state index contributed by atoms with van der Waals surface area (Å²) in [5, 5.41) is 0.490. The van der Waals surface area contributed by atoms with E-state index in [1.165, 1.54) is 12.1 Å². The first-order valence-electron chi connectivity index (χ1n) is 9.11. The highest BCUT2D eigenvalue weighted by molar-refractivity contribution is 7.89. The molecule has 0 unspecified atom stereocenters. The number of nitrogens with one attached hydrogen (secondary N) is 1. The molecule has 0 aromatic heterocycles. The zero-order valence-corrected chi connectivity index (χ0v) is 17.5. The maximum Gasteiger partial charge on any atom is 0.253 e. The van der Waals surface area contributed by atoms with Crippen LogP contribution in [0.4, 0.5) is 5.69 Å². The van der Waals surface area contributed by atoms with E-state index >= 15 is 0 Å². The molecular formula is C20H24ClN3O3S. The number of nitrogens with zero attached hydrogens (tertiary/aromatic N) is 2. The lowest BCUT2D eigenvalue weighted by atomic mass is 10.0. The van der Waals surface area contributed by atoms with Gasteiger partial charge in [0.05, 0.1) is 4.90 Å². The smallest absolute Gasteiger partial charge is 0.253 e. The van der Waals surface area contributed by atoms with Gasteiger partial charge in [-0.05, 0) is 61.4 Å². The summed E-state index contributed by atoms with van der Waals surface area (Å²) in [5.41, 5.74) is 1.68. The molecule has 1 fully saturated rings. The van der Waals surface area contributed by atoms with Crippen LogP contribution >= 0.6 is 11.6 Å². The molecule has 1 aliphatic heterocycles. The van der Waals surface area contributed by atoms with Crippen LogP contribution < -0.4 is 9.62 Å². The molecule has 0 atom stereocenters. The van der Waals surface area contributed by atoms with Gasteiger partial charge < -0.3 is 9.80 Å². The molecule has 1 N–H and O–H groups in total. The number of hydrogen-bond donors (Lipinski definition) is 1. The molecule has 0 aliphatic carbocycles. The third kappa shape index (κ3) is 4.84. The van der Waals surface area contributed by atoms with E-state index in [0.29, 0.717) is 36.5 Å². The third-order valence-corrected chi connectivity index (χ3v) is 6.65. The Hall–Kier alpha value is -2.09. The van der Waals surface area contributed by atoms with Crippen molar-refractivity contribution in [2.24, 2.45) is 0 Å². The Morgan fingerprint density at radius 3 is 2.14 bits per heavy atom. The Morgan fingerprint density at radius 2 is 1.61 bits per heavy atom. The Kier molecular flexibility index (Phi) is 6.27. The first-order chi connectivity index (χ1) is 13.3. The van der Waals surface area contributed by atoms with Gasteiger partial charge in [0.1, 0.15) is 0 Å². The molecule has 3 rings (SSSR count). The number of benzene rings is 2. The number of sulfonamides is 1. The number of likely N-dealkylation sites (tertiary alicyclic amines) is 1. The second-order valence-electron chi connectivity index (χ2n) is 7.08. The summed E-state index contributed by atoms with van der Waals surface area (Å²) in [4.78, 5) is 16.6. The van der Waals surface area contributed by atoms with Crippen molar-refractivity contribution in [1.82, 2.24) is 9.62 Å². The van der Waals surface area contributed by atoms with Crippen LogP contribution in [0.2, 0.25) is 5.02 Å². The van der Waals surface area contributed by atoms with E-state index in [4.69, 9.17) is 11.6 Å². The monoisotopic (exact) mass is 421 g/mol. The highest BCUT2D eigenvalue weighted by atomic mass is 35.5. The van der Waals surface area contributed by atoms with Gasteiger partial charge in [-0.1, -0.05) is 11.6 Å². The number of hydrogen-bond acceptors (Lipinski definition) is 4. The van der Waals surface area contributed by atoms with Gasteiger partial charge in [-0.2, -0.15) is 0 Å². The van der Waals surface area contributed by atoms with Gasteiger partial charge in [-0.25, -0.2) is 13.1 Å². The van der Waals surface area contributed by atoms with Crippen LogP contribution in [0.3, 0.4) is 0 Å². The van der Waals surface area contributed by atoms with Crippen molar-refractivity contribution in [2.45, 2.75) is 23.8 Å². The van der Waals surface area contributed by atoms with Crippen molar-refractivity contribution >= 4 is 33.2 Å². The van der Waals surface area contributed by atoms with Gasteiger partial charge in [0.25, 0.3) is 5.91 Å². The van der Waals surface area contributed by atoms with E-state index in [1.54, 1.807) is 17.0 Å². The minimum absolute atomic E-state index is 0.0238. The van der Waals surface area contributed by atoms with Gasteiger partial charge in [0.2, 0.25) is 10.0 Å². The predicted octanol–water partition coefficient (Wildman–Crippen LogP) is 2.99. The molecule has 8 heteroatoms. The van der Waals surface area contributed by atoms with Crippen LogP contribution in [0.15, 0.2) is 53.4 Å². The fourth-order valence-electron chi connectivity index (χ4n) is 3.19. The number of carbonyl (C=O) groups is 1. The number of anilines is 1. The average molecular weight is 422 g/mol. The van der Waals surface area contributed by atoms with Crippen molar-refractivity contribution in [2.75, 3.05) is 32.1 Å². The normalized spacial score (nSPS) is 15.5. The summed E-state index contributed by atoms with van der Waals surface area (Å²) in [5.74, 6) is -0.0238. The fraction of sp³-hybridized carbons (Fsp3) is 0.350. The van der Waals surface area contributed by atoms with E-state index in [1.807, 2.05) is 43.3 Å². The number of carbonyl (C=O) groups excluding carboxylic acids is 1. The average Bonchev–Trinajstić information content (AvgIpc) is 2.68. The predicted molar refractivity (Wildman–Crippen MR) is 111 cm³/mol. The SMILES string of the molecule is CN(C)c1ccc(C(=O)N2CCC(NS(=O)(=O)c3ccc(Cl)cc3)CC2)cc1. The van der Waals surface area contributed by atoms with Gasteiger partial charge >= 0.3 is 0 Å². The quantitative estimate of drug-likeness (QED) is 0.805. The van der Waals surface area contributed by atoms with Gasteiger partial charge in [-0.3, -0.25) is 4.79 Å². The molecule has 2 aromatic carbocycles. The highest BCUT2D eigenvalue weighted by Gasteiger charge is 2.27. The summed E-state index contributed by atoms with van der Waals surface area (Å²) < 4.78 is 27.7. The minimum Gasteiger partial charge on any atom is -0.378 e. The first kappa shape index (κ1) is 20.6. The Bertz CT molecular complexity index is 920. The molecule has 1 aliphatic rings. The lowest BCUT2D eigenvalue weighted by Gasteiger charge is -2.32. The van der Waals surface area contributed by atoms with Gasteiger partial charge in [0.15, 0.2) is 0 Å². The lowest BCUT2D eigenvalue weighted by molar-refractivity contribution is 0.0711. The molecule has 0 spiro atoms. The molecule has 0 bridgehead atoms. The second-order valence-corrected chi connectivity index (χ2v) is 9.23. The van der Waals surface area contributed by atoms with Crippen molar-refractivity contribution in [1.29, 1.82) is 0 Å². The maximum absolute atomic E-state index is 12.7. The molecule has 1 heterocycles. The summed E-state index contributed by atoms with van der Waals surface area (Å²) in [7, 11) is 0.306. The standard InChI is InChI=1S/C20H24ClN3O3S/c1-23(2)18-7-3-15(4-8-18)20(25)24-13-11-17(12-14-24)22-28(26,27)19-9-5-16(21)6-10-19/h3-10,17,22H,11-14H2,1-2H3. The molecule has 150 valence electrons. The van der Waals surface area contributed by atoms with Gasteiger partial charge in [-0.15, -0.1) is 0 Å². The Labute approximate surface area is 171 Å². The van der Waals surface area contributed by atoms with Crippen LogP contribution in [0.5, 0.6) is 0 Å². The molecule has 0 saturated carbocycles. The Morgan fingerprint density at radius 1 is 1.04 bits per heavy atom. The third-order valence-electron chi connectivity index (χ3n) is 4.86. The van der Waals surface area contributed by atoms with Crippen molar-refractivity contribution in [3.05, 3.63) is 59.1 Å². The lowest BCUT2D eigenvalue weighted by Crippen LogP contribution is -2.46. The fourth-order valence-corrected chi connectivity index (χ4v) is 4.62. The number of rotatable bonds is 5. The summed E-state index contributed by atoms with van der Waals surface area (Å²) in [6.45, 7) is 1.03. The molecule has 28 heavy (non-hydrogen) atoms. The van der Waals surface area contributed by atoms with Crippen LogP contribution in [-0.4, -0.2) is 52.5 Å². The van der Waals surface area contributed by atoms with Crippen LogP contribution in [0.1, 0.15) is 23.2 Å². The molecule has 1 saturated heterocycles. The number of halogens is 1. The molecule has 2 aromatic rings. The van der Waals surface area contributed by atoms with E-state index < -0.39 is 10.0 Å². The largest absolute Gasteiger partial charge is 0.378 e. The van der Waals surface area contributed by atoms with Gasteiger partial charge in [0, 0.05) is 49.5 Å². The maximum atomic E-state index is 12.7. The van der Waals surface area contributed by atoms with E-state index in [-0.39, 0.29) is 16.8 Å². The van der Waals surface area contributed by atoms with E-state index in [9.17, 15) is 13.2 Å². The van der Waals surface area contributed by atoms with Crippen molar-refractivity contribution in [3.63, 3.8) is 0 Å². The highest BCUT2D eigenvalue weighted by Crippen LogP contribution is 2.19. The van der Waals surface area contributed by atoms with Crippen molar-refractivity contribution < 1.29 is 13.2 Å². The second kappa shape index (κ2) is 8.51. The van der Waals surface area contributed by atoms with Crippen LogP contribution in [-0.2, 0) is 10.0 Å². The molecular weight excluding hydrogens is 398 g/mol. The first-order valence-corrected chi connectivity index (χ1v) is 11.0. The van der Waals surface area contributed by atoms with E-state index in [2.05, 4.69) is 4.72 Å². The molecule has 0 radical (unpaired) electrons. The topological polar surface area (TPSA) is 69.7 Å². The summed E-state index contributed by atoms with van der Waals surface area (Å²) >= 11 is 5.82. The Balaban J connectivity index is 1.58. The summed E-state index contributed by atoms with van der Waals surface area (Å²) in [6, 6.07) is 13.4. The molecule has 1 amide bonds. The summed E-state index contributed by atoms with van der Waals surface area (Å²) in [6.07, 6.45) is 1.16. The molecule has 6 nitrogen and oxygen atoms in total. The zero-order chi connectivity index (χ0) is 20.3. The van der Waals surface area contributed by atoms with Crippen molar-refractivity contribution in [3.8, 4) is 0 Å². The van der Waals surface area contributed by atoms with Crippen LogP contribution in [0, 0.1) is 0 Å². The number of amides is 1. The number of piperidine rings is 1. The minimum atomic E-state index is -3.60. The van der Waals surface area contributed by atoms with E-state index in [0.717, 1.165) is 5.69 Å². The zero-order valence-electron chi connectivity index (χ0n) is 15.9. The van der Waals surface area contributed by atoms with Crippen LogP contribution in [0.25, 0.3) is 0 Å².